The van der Waals surface area contributed by atoms with Gasteiger partial charge in [-0.25, -0.2) is 0 Å². The van der Waals surface area contributed by atoms with Gasteiger partial charge in [0.2, 0.25) is 0 Å². The predicted octanol–water partition coefficient (Wildman–Crippen LogP) is 4.37. The lowest BCUT2D eigenvalue weighted by Gasteiger charge is -2.53. The van der Waals surface area contributed by atoms with E-state index in [0.717, 1.165) is 0 Å². The van der Waals surface area contributed by atoms with Crippen molar-refractivity contribution in [3.05, 3.63) is 0 Å². The van der Waals surface area contributed by atoms with Crippen molar-refractivity contribution in [2.75, 3.05) is 19.6 Å². The van der Waals surface area contributed by atoms with Gasteiger partial charge in [0.05, 0.1) is 25.2 Å². The molecule has 1 fully saturated rings. The van der Waals surface area contributed by atoms with E-state index in [1.54, 1.807) is 0 Å². The molecule has 96 valence electrons. The third-order valence-corrected chi connectivity index (χ3v) is 5.23. The van der Waals surface area contributed by atoms with Crippen molar-refractivity contribution >= 4 is 0 Å². The molecule has 1 aliphatic carbocycles. The van der Waals surface area contributed by atoms with Crippen molar-refractivity contribution in [2.45, 2.75) is 78.2 Å². The van der Waals surface area contributed by atoms with Gasteiger partial charge in [0, 0.05) is 12.8 Å². The molecule has 0 atom stereocenters. The zero-order valence-electron chi connectivity index (χ0n) is 12.0. The van der Waals surface area contributed by atoms with Crippen molar-refractivity contribution in [2.24, 2.45) is 0 Å². The molecule has 0 aromatic carbocycles. The second kappa shape index (κ2) is 6.05. The Balaban J connectivity index is 2.80. The zero-order valence-corrected chi connectivity index (χ0v) is 12.0. The van der Waals surface area contributed by atoms with Crippen LogP contribution < -0.4 is 0 Å². The maximum atomic E-state index is 2.56. The van der Waals surface area contributed by atoms with Crippen LogP contribution in [-0.4, -0.2) is 29.7 Å². The number of hydrogen-bond donors (Lipinski definition) is 0. The molecule has 1 aliphatic rings. The van der Waals surface area contributed by atoms with Gasteiger partial charge in [-0.05, 0) is 40.0 Å². The molecule has 16 heavy (non-hydrogen) atoms. The molecule has 1 heteroatoms. The Morgan fingerprint density at radius 2 is 1.50 bits per heavy atom. The Hall–Kier alpha value is -0.0400. The first-order valence-electron chi connectivity index (χ1n) is 7.50. The molecule has 0 unspecified atom stereocenters. The molecule has 0 amide bonds. The van der Waals surface area contributed by atoms with E-state index in [0.29, 0.717) is 5.54 Å². The monoisotopic (exact) mass is 226 g/mol. The minimum Gasteiger partial charge on any atom is -0.319 e. The molecule has 0 heterocycles. The molecule has 0 N–H and O–H groups in total. The highest BCUT2D eigenvalue weighted by molar-refractivity contribution is 4.81. The van der Waals surface area contributed by atoms with Crippen molar-refractivity contribution < 1.29 is 4.48 Å². The number of rotatable bonds is 6. The number of hydrogen-bond acceptors (Lipinski definition) is 0. The molecule has 1 rings (SSSR count). The Morgan fingerprint density at radius 3 is 1.94 bits per heavy atom. The molecule has 0 aromatic heterocycles. The Bertz CT molecular complexity index is 188. The molecule has 0 aromatic rings. The summed E-state index contributed by atoms with van der Waals surface area (Å²) in [4.78, 5) is 0. The summed E-state index contributed by atoms with van der Waals surface area (Å²) in [7, 11) is 0. The van der Waals surface area contributed by atoms with Crippen LogP contribution in [0, 0.1) is 0 Å². The highest BCUT2D eigenvalue weighted by atomic mass is 15.4. The summed E-state index contributed by atoms with van der Waals surface area (Å²) in [5.41, 5.74) is 0.580. The molecule has 1 saturated carbocycles. The molecular weight excluding hydrogens is 194 g/mol. The van der Waals surface area contributed by atoms with Gasteiger partial charge in [-0.15, -0.1) is 0 Å². The lowest BCUT2D eigenvalue weighted by atomic mass is 9.79. The van der Waals surface area contributed by atoms with Gasteiger partial charge in [-0.1, -0.05) is 19.8 Å². The maximum Gasteiger partial charge on any atom is 0.0963 e. The summed E-state index contributed by atoms with van der Waals surface area (Å²) >= 11 is 0. The Morgan fingerprint density at radius 1 is 0.938 bits per heavy atom. The first-order chi connectivity index (χ1) is 7.64. The number of nitrogens with zero attached hydrogens (tertiary/aromatic N) is 1. The van der Waals surface area contributed by atoms with E-state index in [-0.39, 0.29) is 0 Å². The van der Waals surface area contributed by atoms with Gasteiger partial charge in [0.1, 0.15) is 0 Å². The molecule has 0 aliphatic heterocycles. The summed E-state index contributed by atoms with van der Waals surface area (Å²) < 4.78 is 1.38. The minimum absolute atomic E-state index is 0.580. The first-order valence-corrected chi connectivity index (χ1v) is 7.50. The Labute approximate surface area is 103 Å². The van der Waals surface area contributed by atoms with Gasteiger partial charge in [-0.2, -0.15) is 0 Å². The largest absolute Gasteiger partial charge is 0.319 e. The molecule has 0 bridgehead atoms. The fourth-order valence-electron chi connectivity index (χ4n) is 3.82. The molecule has 0 saturated heterocycles. The van der Waals surface area contributed by atoms with Crippen LogP contribution in [0.1, 0.15) is 72.6 Å². The zero-order chi connectivity index (χ0) is 12.1. The van der Waals surface area contributed by atoms with Crippen molar-refractivity contribution in [3.8, 4) is 0 Å². The van der Waals surface area contributed by atoms with E-state index in [4.69, 9.17) is 0 Å². The van der Waals surface area contributed by atoms with E-state index in [2.05, 4.69) is 27.7 Å². The van der Waals surface area contributed by atoms with Crippen molar-refractivity contribution in [1.82, 2.24) is 0 Å². The molecule has 0 radical (unpaired) electrons. The number of quaternary nitrogens is 1. The van der Waals surface area contributed by atoms with Crippen LogP contribution in [0.15, 0.2) is 0 Å². The van der Waals surface area contributed by atoms with Crippen molar-refractivity contribution in [3.63, 3.8) is 0 Å². The summed E-state index contributed by atoms with van der Waals surface area (Å²) in [6, 6.07) is 0. The van der Waals surface area contributed by atoms with Gasteiger partial charge in [0.25, 0.3) is 0 Å². The van der Waals surface area contributed by atoms with Crippen LogP contribution in [0.25, 0.3) is 0 Å². The van der Waals surface area contributed by atoms with E-state index >= 15 is 0 Å². The second-order valence-electron chi connectivity index (χ2n) is 5.91. The summed E-state index contributed by atoms with van der Waals surface area (Å²) in [6.45, 7) is 13.7. The third-order valence-electron chi connectivity index (χ3n) is 5.23. The van der Waals surface area contributed by atoms with Gasteiger partial charge < -0.3 is 4.48 Å². The summed E-state index contributed by atoms with van der Waals surface area (Å²) in [6.07, 6.45) is 10.0. The van der Waals surface area contributed by atoms with Crippen LogP contribution in [0.2, 0.25) is 0 Å². The normalized spacial score (nSPS) is 21.0. The van der Waals surface area contributed by atoms with E-state index in [1.165, 1.54) is 69.1 Å². The average molecular weight is 226 g/mol. The van der Waals surface area contributed by atoms with E-state index < -0.39 is 0 Å². The third kappa shape index (κ3) is 2.61. The van der Waals surface area contributed by atoms with Crippen LogP contribution in [-0.2, 0) is 0 Å². The molecule has 0 spiro atoms. The highest BCUT2D eigenvalue weighted by Gasteiger charge is 2.44. The van der Waals surface area contributed by atoms with Crippen LogP contribution in [0.4, 0.5) is 0 Å². The van der Waals surface area contributed by atoms with Gasteiger partial charge in [0.15, 0.2) is 0 Å². The van der Waals surface area contributed by atoms with Crippen LogP contribution in [0.5, 0.6) is 0 Å². The van der Waals surface area contributed by atoms with E-state index in [9.17, 15) is 0 Å². The van der Waals surface area contributed by atoms with Crippen molar-refractivity contribution in [1.29, 1.82) is 0 Å². The summed E-state index contributed by atoms with van der Waals surface area (Å²) in [5, 5.41) is 0. The highest BCUT2D eigenvalue weighted by Crippen LogP contribution is 2.38. The Kier molecular flexibility index (Phi) is 5.30. The lowest BCUT2D eigenvalue weighted by molar-refractivity contribution is -0.973. The first kappa shape index (κ1) is 14.0. The van der Waals surface area contributed by atoms with Crippen LogP contribution >= 0.6 is 0 Å². The fraction of sp³-hybridized carbons (Fsp3) is 1.00. The molecular formula is C15H32N+. The summed E-state index contributed by atoms with van der Waals surface area (Å²) in [5.74, 6) is 0. The minimum atomic E-state index is 0.580. The predicted molar refractivity (Wildman–Crippen MR) is 72.6 cm³/mol. The lowest BCUT2D eigenvalue weighted by Crippen LogP contribution is -2.63. The quantitative estimate of drug-likeness (QED) is 0.590. The van der Waals surface area contributed by atoms with Crippen LogP contribution in [0.3, 0.4) is 0 Å². The standard InChI is InChI=1S/C15H32N/c1-5-8-14-16(6-2,7-3)15(4)12-10-9-11-13-15/h5-14H2,1-4H3/q+1. The SMILES string of the molecule is CCCC[N+](CC)(CC)C1(C)CCCCC1. The second-order valence-corrected chi connectivity index (χ2v) is 5.91. The van der Waals surface area contributed by atoms with E-state index in [1.807, 2.05) is 0 Å². The van der Waals surface area contributed by atoms with Gasteiger partial charge in [-0.3, -0.25) is 0 Å². The smallest absolute Gasteiger partial charge is 0.0963 e. The maximum absolute atomic E-state index is 2.56. The average Bonchev–Trinajstić information content (AvgIpc) is 2.32. The number of unbranched alkanes of at least 4 members (excludes halogenated alkanes) is 1. The van der Waals surface area contributed by atoms with Gasteiger partial charge >= 0.3 is 0 Å². The fourth-order valence-corrected chi connectivity index (χ4v) is 3.82. The molecule has 1 nitrogen and oxygen atoms in total. The topological polar surface area (TPSA) is 0 Å².